The third-order valence-electron chi connectivity index (χ3n) is 2.32. The second-order valence-corrected chi connectivity index (χ2v) is 3.38. The van der Waals surface area contributed by atoms with Gasteiger partial charge >= 0.3 is 0 Å². The molecule has 0 spiro atoms. The highest BCUT2D eigenvalue weighted by Gasteiger charge is 2.25. The lowest BCUT2D eigenvalue weighted by Gasteiger charge is -2.28. The number of para-hydroxylation sites is 2. The van der Waals surface area contributed by atoms with Crippen LogP contribution < -0.4 is 9.47 Å². The van der Waals surface area contributed by atoms with Gasteiger partial charge in [0, 0.05) is 0 Å². The lowest BCUT2D eigenvalue weighted by Crippen LogP contribution is -2.37. The Labute approximate surface area is 87.5 Å². The zero-order valence-corrected chi connectivity index (χ0v) is 8.34. The Kier molecular flexibility index (Phi) is 2.70. The summed E-state index contributed by atoms with van der Waals surface area (Å²) in [6.45, 7) is 2.20. The first kappa shape index (κ1) is 9.74. The lowest BCUT2D eigenvalue weighted by atomic mass is 10.2. The molecule has 2 rings (SSSR count). The fraction of sp³-hybridized carbons (Fsp3) is 0.364. The number of hydrogen-bond donors (Lipinski definition) is 0. The summed E-state index contributed by atoms with van der Waals surface area (Å²) in [6, 6.07) is 7.20. The molecule has 15 heavy (non-hydrogen) atoms. The van der Waals surface area contributed by atoms with E-state index in [9.17, 15) is 4.79 Å². The van der Waals surface area contributed by atoms with Gasteiger partial charge in [0.1, 0.15) is 6.61 Å². The zero-order chi connectivity index (χ0) is 10.7. The van der Waals surface area contributed by atoms with Gasteiger partial charge in [0.2, 0.25) is 6.08 Å². The summed E-state index contributed by atoms with van der Waals surface area (Å²) >= 11 is 0. The molecule has 0 amide bonds. The minimum atomic E-state index is -0.240. The second kappa shape index (κ2) is 4.15. The predicted octanol–water partition coefficient (Wildman–Crippen LogP) is 1.55. The van der Waals surface area contributed by atoms with Gasteiger partial charge in [0.25, 0.3) is 0 Å². The van der Waals surface area contributed by atoms with Crippen molar-refractivity contribution < 1.29 is 14.3 Å². The normalized spacial score (nSPS) is 20.2. The number of carbonyl (C=O) groups excluding carboxylic acids is 1. The van der Waals surface area contributed by atoms with E-state index in [1.165, 1.54) is 6.08 Å². The Balaban J connectivity index is 2.15. The van der Waals surface area contributed by atoms with Crippen LogP contribution in [0.5, 0.6) is 11.5 Å². The average Bonchev–Trinajstić information content (AvgIpc) is 2.29. The molecule has 1 aromatic carbocycles. The molecule has 0 fully saturated rings. The molecule has 4 heteroatoms. The van der Waals surface area contributed by atoms with Crippen molar-refractivity contribution in [3.8, 4) is 11.5 Å². The van der Waals surface area contributed by atoms with Crippen LogP contribution in [-0.2, 0) is 4.79 Å². The summed E-state index contributed by atoms with van der Waals surface area (Å²) in [7, 11) is 0. The van der Waals surface area contributed by atoms with Crippen LogP contribution in [0.3, 0.4) is 0 Å². The van der Waals surface area contributed by atoms with Crippen LogP contribution in [0.1, 0.15) is 6.92 Å². The molecule has 1 aliphatic rings. The van der Waals surface area contributed by atoms with E-state index in [0.29, 0.717) is 12.4 Å². The summed E-state index contributed by atoms with van der Waals surface area (Å²) in [5, 5.41) is 0. The molecule has 78 valence electrons. The van der Waals surface area contributed by atoms with Gasteiger partial charge in [-0.2, -0.15) is 4.99 Å². The first-order valence-corrected chi connectivity index (χ1v) is 4.76. The first-order valence-electron chi connectivity index (χ1n) is 4.76. The molecule has 4 nitrogen and oxygen atoms in total. The molecule has 0 aliphatic carbocycles. The quantitative estimate of drug-likeness (QED) is 0.543. The molecule has 0 N–H and O–H groups in total. The largest absolute Gasteiger partial charge is 0.486 e. The van der Waals surface area contributed by atoms with Gasteiger partial charge in [0.05, 0.1) is 6.04 Å². The van der Waals surface area contributed by atoms with Gasteiger partial charge in [-0.1, -0.05) is 12.1 Å². The third kappa shape index (κ3) is 2.00. The van der Waals surface area contributed by atoms with E-state index in [1.54, 1.807) is 6.92 Å². The Morgan fingerprint density at radius 3 is 2.93 bits per heavy atom. The molecule has 0 saturated heterocycles. The van der Waals surface area contributed by atoms with Gasteiger partial charge in [-0.3, -0.25) is 0 Å². The Bertz CT molecular complexity index is 399. The highest BCUT2D eigenvalue weighted by molar-refractivity contribution is 5.41. The number of benzene rings is 1. The first-order chi connectivity index (χ1) is 7.31. The summed E-state index contributed by atoms with van der Waals surface area (Å²) < 4.78 is 11.1. The molecule has 0 bridgehead atoms. The van der Waals surface area contributed by atoms with Crippen LogP contribution in [0, 0.1) is 0 Å². The van der Waals surface area contributed by atoms with E-state index in [4.69, 9.17) is 9.47 Å². The van der Waals surface area contributed by atoms with E-state index in [1.807, 2.05) is 24.3 Å². The number of fused-ring (bicyclic) bond motifs is 1. The average molecular weight is 205 g/mol. The maximum Gasteiger partial charge on any atom is 0.235 e. The smallest absolute Gasteiger partial charge is 0.235 e. The van der Waals surface area contributed by atoms with Crippen molar-refractivity contribution in [2.75, 3.05) is 6.61 Å². The number of aliphatic imine (C=N–C) groups is 1. The van der Waals surface area contributed by atoms with Gasteiger partial charge < -0.3 is 9.47 Å². The Morgan fingerprint density at radius 1 is 1.47 bits per heavy atom. The molecule has 1 aromatic rings. The Morgan fingerprint density at radius 2 is 2.20 bits per heavy atom. The van der Waals surface area contributed by atoms with Crippen LogP contribution in [0.4, 0.5) is 0 Å². The van der Waals surface area contributed by atoms with Gasteiger partial charge in [-0.15, -0.1) is 0 Å². The van der Waals surface area contributed by atoms with E-state index < -0.39 is 0 Å². The van der Waals surface area contributed by atoms with Crippen LogP contribution in [-0.4, -0.2) is 24.8 Å². The number of hydrogen-bond acceptors (Lipinski definition) is 4. The van der Waals surface area contributed by atoms with Crippen molar-refractivity contribution in [2.24, 2.45) is 4.99 Å². The molecule has 0 radical (unpaired) electrons. The van der Waals surface area contributed by atoms with E-state index in [-0.39, 0.29) is 12.1 Å². The number of nitrogens with zero attached hydrogens (tertiary/aromatic N) is 1. The van der Waals surface area contributed by atoms with Crippen molar-refractivity contribution in [2.45, 2.75) is 19.1 Å². The lowest BCUT2D eigenvalue weighted by molar-refractivity contribution is 0.0770. The monoisotopic (exact) mass is 205 g/mol. The standard InChI is InChI=1S/C11H11NO3/c1-8(12-7-13)11-6-14-9-4-2-3-5-10(9)15-11/h2-5,8,11H,6H2,1H3. The molecule has 1 aliphatic heterocycles. The van der Waals surface area contributed by atoms with Crippen LogP contribution in [0.25, 0.3) is 0 Å². The minimum Gasteiger partial charge on any atom is -0.486 e. The van der Waals surface area contributed by atoms with Crippen molar-refractivity contribution in [3.63, 3.8) is 0 Å². The SMILES string of the molecule is CC(N=C=O)C1COc2ccccc2O1. The predicted molar refractivity (Wildman–Crippen MR) is 53.9 cm³/mol. The van der Waals surface area contributed by atoms with Crippen molar-refractivity contribution in [1.29, 1.82) is 0 Å². The molecular weight excluding hydrogens is 194 g/mol. The second-order valence-electron chi connectivity index (χ2n) is 3.38. The van der Waals surface area contributed by atoms with E-state index in [2.05, 4.69) is 4.99 Å². The van der Waals surface area contributed by atoms with Gasteiger partial charge in [-0.25, -0.2) is 4.79 Å². The molecule has 0 saturated carbocycles. The number of rotatable bonds is 2. The zero-order valence-electron chi connectivity index (χ0n) is 8.34. The topological polar surface area (TPSA) is 47.9 Å². The highest BCUT2D eigenvalue weighted by atomic mass is 16.6. The summed E-state index contributed by atoms with van der Waals surface area (Å²) in [6.07, 6.45) is 1.31. The number of isocyanates is 1. The molecule has 1 heterocycles. The van der Waals surface area contributed by atoms with E-state index in [0.717, 1.165) is 5.75 Å². The number of ether oxygens (including phenoxy) is 2. The maximum absolute atomic E-state index is 10.1. The van der Waals surface area contributed by atoms with Crippen molar-refractivity contribution in [1.82, 2.24) is 0 Å². The fourth-order valence-electron chi connectivity index (χ4n) is 1.44. The highest BCUT2D eigenvalue weighted by Crippen LogP contribution is 2.31. The summed E-state index contributed by atoms with van der Waals surface area (Å²) in [5.74, 6) is 1.43. The molecular formula is C11H11NO3. The van der Waals surface area contributed by atoms with Gasteiger partial charge in [0.15, 0.2) is 17.6 Å². The molecule has 0 aromatic heterocycles. The Hall–Kier alpha value is -1.80. The van der Waals surface area contributed by atoms with Gasteiger partial charge in [-0.05, 0) is 19.1 Å². The molecule has 2 unspecified atom stereocenters. The van der Waals surface area contributed by atoms with Crippen molar-refractivity contribution in [3.05, 3.63) is 24.3 Å². The maximum atomic E-state index is 10.1. The van der Waals surface area contributed by atoms with Crippen LogP contribution in [0.2, 0.25) is 0 Å². The van der Waals surface area contributed by atoms with Crippen molar-refractivity contribution >= 4 is 6.08 Å². The molecule has 2 atom stereocenters. The van der Waals surface area contributed by atoms with Crippen LogP contribution >= 0.6 is 0 Å². The van der Waals surface area contributed by atoms with Crippen LogP contribution in [0.15, 0.2) is 29.3 Å². The van der Waals surface area contributed by atoms with E-state index >= 15 is 0 Å². The third-order valence-corrected chi connectivity index (χ3v) is 2.32. The summed E-state index contributed by atoms with van der Waals surface area (Å²) in [5.41, 5.74) is 0. The minimum absolute atomic E-state index is 0.221. The fourth-order valence-corrected chi connectivity index (χ4v) is 1.44. The summed E-state index contributed by atoms with van der Waals surface area (Å²) in [4.78, 5) is 13.7.